The van der Waals surface area contributed by atoms with Gasteiger partial charge in [-0.1, -0.05) is 30.3 Å². The van der Waals surface area contributed by atoms with Crippen LogP contribution in [0.3, 0.4) is 0 Å². The van der Waals surface area contributed by atoms with Gasteiger partial charge in [0.25, 0.3) is 5.91 Å². The third-order valence-electron chi connectivity index (χ3n) is 6.63. The average Bonchev–Trinajstić information content (AvgIpc) is 3.09. The predicted molar refractivity (Wildman–Crippen MR) is 116 cm³/mol. The van der Waals surface area contributed by atoms with Crippen molar-refractivity contribution >= 4 is 23.2 Å². The Labute approximate surface area is 176 Å². The Bertz CT molecular complexity index is 940. The highest BCUT2D eigenvalue weighted by Gasteiger charge is 2.50. The molecular weight excluding hydrogens is 378 g/mol. The molecule has 2 aromatic carbocycles. The minimum atomic E-state index is -0.450. The summed E-state index contributed by atoms with van der Waals surface area (Å²) in [6.45, 7) is 3.19. The van der Waals surface area contributed by atoms with Gasteiger partial charge in [0.05, 0.1) is 12.2 Å². The summed E-state index contributed by atoms with van der Waals surface area (Å²) < 4.78 is 0. The minimum Gasteiger partial charge on any atom is -0.365 e. The second-order valence-corrected chi connectivity index (χ2v) is 8.31. The highest BCUT2D eigenvalue weighted by Crippen LogP contribution is 2.36. The summed E-state index contributed by atoms with van der Waals surface area (Å²) in [7, 11) is 0. The molecule has 0 radical (unpaired) electrons. The molecule has 2 amide bonds. The van der Waals surface area contributed by atoms with E-state index >= 15 is 0 Å². The number of anilines is 2. The van der Waals surface area contributed by atoms with Crippen LogP contribution in [0, 0.1) is 0 Å². The zero-order valence-corrected chi connectivity index (χ0v) is 16.9. The molecule has 1 spiro atoms. The highest BCUT2D eigenvalue weighted by molar-refractivity contribution is 6.01. The van der Waals surface area contributed by atoms with Crippen molar-refractivity contribution < 1.29 is 9.59 Å². The molecule has 0 bridgehead atoms. The van der Waals surface area contributed by atoms with Crippen molar-refractivity contribution in [3.8, 4) is 0 Å². The molecule has 30 heavy (non-hydrogen) atoms. The smallest absolute Gasteiger partial charge is 0.254 e. The Hall–Kier alpha value is -3.06. The number of hydrogen-bond donors (Lipinski definition) is 3. The van der Waals surface area contributed by atoms with Crippen molar-refractivity contribution in [3.63, 3.8) is 0 Å². The number of rotatable bonds is 4. The summed E-state index contributed by atoms with van der Waals surface area (Å²) >= 11 is 0. The normalized spacial score (nSPS) is 22.9. The van der Waals surface area contributed by atoms with Crippen LogP contribution < -0.4 is 20.9 Å². The SMILES string of the molecule is O=C1NC(CCN2CCC3(CC2)C(=O)NCN3c2ccccc2)Nc2ccccc21. The molecule has 0 aromatic heterocycles. The molecule has 3 heterocycles. The van der Waals surface area contributed by atoms with Crippen LogP contribution in [0.25, 0.3) is 0 Å². The van der Waals surface area contributed by atoms with E-state index in [9.17, 15) is 9.59 Å². The maximum atomic E-state index is 12.8. The average molecular weight is 406 g/mol. The molecule has 1 unspecified atom stereocenters. The number of carbonyl (C=O) groups excluding carboxylic acids is 2. The summed E-state index contributed by atoms with van der Waals surface area (Å²) in [6.07, 6.45) is 2.36. The first-order chi connectivity index (χ1) is 14.7. The Morgan fingerprint density at radius 2 is 1.67 bits per heavy atom. The van der Waals surface area contributed by atoms with Crippen molar-refractivity contribution in [2.24, 2.45) is 0 Å². The van der Waals surface area contributed by atoms with Gasteiger partial charge in [0.2, 0.25) is 5.91 Å². The monoisotopic (exact) mass is 405 g/mol. The number of nitrogens with zero attached hydrogens (tertiary/aromatic N) is 2. The Morgan fingerprint density at radius 1 is 0.933 bits per heavy atom. The molecule has 7 heteroatoms. The van der Waals surface area contributed by atoms with Crippen molar-refractivity contribution in [1.82, 2.24) is 15.5 Å². The molecule has 0 saturated carbocycles. The maximum Gasteiger partial charge on any atom is 0.254 e. The molecule has 156 valence electrons. The van der Waals surface area contributed by atoms with Crippen molar-refractivity contribution in [2.45, 2.75) is 31.0 Å². The number of benzene rings is 2. The molecule has 2 aromatic rings. The van der Waals surface area contributed by atoms with E-state index in [4.69, 9.17) is 0 Å². The Balaban J connectivity index is 1.19. The summed E-state index contributed by atoms with van der Waals surface area (Å²) in [5.74, 6) is 0.122. The van der Waals surface area contributed by atoms with Crippen LogP contribution in [0.2, 0.25) is 0 Å². The largest absolute Gasteiger partial charge is 0.365 e. The van der Waals surface area contributed by atoms with E-state index in [0.717, 1.165) is 50.3 Å². The van der Waals surface area contributed by atoms with Gasteiger partial charge in [-0.3, -0.25) is 9.59 Å². The molecule has 1 atom stereocenters. The van der Waals surface area contributed by atoms with Gasteiger partial charge < -0.3 is 25.8 Å². The lowest BCUT2D eigenvalue weighted by molar-refractivity contribution is -0.125. The van der Waals surface area contributed by atoms with Crippen LogP contribution in [-0.2, 0) is 4.79 Å². The Morgan fingerprint density at radius 3 is 2.47 bits per heavy atom. The lowest BCUT2D eigenvalue weighted by Crippen LogP contribution is -2.57. The van der Waals surface area contributed by atoms with Gasteiger partial charge in [0, 0.05) is 31.0 Å². The van der Waals surface area contributed by atoms with Crippen LogP contribution in [0.5, 0.6) is 0 Å². The van der Waals surface area contributed by atoms with E-state index in [-0.39, 0.29) is 18.0 Å². The van der Waals surface area contributed by atoms with Crippen LogP contribution in [-0.4, -0.2) is 54.7 Å². The standard InChI is InChI=1S/C23H27N5O2/c29-21-18-8-4-5-9-19(18)25-20(26-21)10-13-27-14-11-23(12-15-27)22(30)24-16-28(23)17-6-2-1-3-7-17/h1-9,20,25H,10-16H2,(H,24,30)(H,26,29). The molecule has 3 aliphatic rings. The van der Waals surface area contributed by atoms with E-state index in [1.54, 1.807) is 0 Å². The van der Waals surface area contributed by atoms with E-state index in [2.05, 4.69) is 37.9 Å². The molecular formula is C23H27N5O2. The van der Waals surface area contributed by atoms with Gasteiger partial charge in [-0.05, 0) is 43.5 Å². The number of nitrogens with one attached hydrogen (secondary N) is 3. The zero-order valence-electron chi connectivity index (χ0n) is 16.9. The maximum absolute atomic E-state index is 12.8. The minimum absolute atomic E-state index is 0.0203. The fraction of sp³-hybridized carbons (Fsp3) is 0.391. The van der Waals surface area contributed by atoms with Gasteiger partial charge in [-0.25, -0.2) is 0 Å². The van der Waals surface area contributed by atoms with E-state index in [1.165, 1.54) is 0 Å². The lowest BCUT2D eigenvalue weighted by Gasteiger charge is -2.43. The number of amides is 2. The van der Waals surface area contributed by atoms with Gasteiger partial charge in [0.15, 0.2) is 0 Å². The molecule has 7 nitrogen and oxygen atoms in total. The number of likely N-dealkylation sites (tertiary alicyclic amines) is 1. The van der Waals surface area contributed by atoms with Crippen LogP contribution in [0.4, 0.5) is 11.4 Å². The van der Waals surface area contributed by atoms with E-state index in [0.29, 0.717) is 12.2 Å². The van der Waals surface area contributed by atoms with E-state index < -0.39 is 5.54 Å². The Kier molecular flexibility index (Phi) is 4.83. The number of piperidine rings is 1. The van der Waals surface area contributed by atoms with Gasteiger partial charge >= 0.3 is 0 Å². The number of para-hydroxylation sites is 2. The fourth-order valence-corrected chi connectivity index (χ4v) is 4.90. The third-order valence-corrected chi connectivity index (χ3v) is 6.63. The van der Waals surface area contributed by atoms with Crippen LogP contribution >= 0.6 is 0 Å². The first-order valence-corrected chi connectivity index (χ1v) is 10.7. The first kappa shape index (κ1) is 18.9. The van der Waals surface area contributed by atoms with E-state index in [1.807, 2.05) is 42.5 Å². The van der Waals surface area contributed by atoms with Crippen LogP contribution in [0.1, 0.15) is 29.6 Å². The molecule has 5 rings (SSSR count). The molecule has 3 N–H and O–H groups in total. The quantitative estimate of drug-likeness (QED) is 0.725. The number of hydrogen-bond acceptors (Lipinski definition) is 5. The predicted octanol–water partition coefficient (Wildman–Crippen LogP) is 1.99. The number of carbonyl (C=O) groups is 2. The first-order valence-electron chi connectivity index (χ1n) is 10.7. The van der Waals surface area contributed by atoms with Crippen molar-refractivity contribution in [2.75, 3.05) is 36.5 Å². The van der Waals surface area contributed by atoms with Gasteiger partial charge in [-0.15, -0.1) is 0 Å². The summed E-state index contributed by atoms with van der Waals surface area (Å²) in [6, 6.07) is 17.8. The van der Waals surface area contributed by atoms with Gasteiger partial charge in [0.1, 0.15) is 11.7 Å². The second kappa shape index (κ2) is 7.65. The third kappa shape index (κ3) is 3.29. The molecule has 2 fully saturated rings. The van der Waals surface area contributed by atoms with Crippen molar-refractivity contribution in [1.29, 1.82) is 0 Å². The second-order valence-electron chi connectivity index (χ2n) is 8.31. The molecule has 2 saturated heterocycles. The summed E-state index contributed by atoms with van der Waals surface area (Å²) in [5, 5.41) is 9.52. The fourth-order valence-electron chi connectivity index (χ4n) is 4.90. The van der Waals surface area contributed by atoms with Gasteiger partial charge in [-0.2, -0.15) is 0 Å². The highest BCUT2D eigenvalue weighted by atomic mass is 16.2. The topological polar surface area (TPSA) is 76.7 Å². The summed E-state index contributed by atoms with van der Waals surface area (Å²) in [5.41, 5.74) is 2.23. The van der Waals surface area contributed by atoms with Crippen molar-refractivity contribution in [3.05, 3.63) is 60.2 Å². The lowest BCUT2D eigenvalue weighted by atomic mass is 9.85. The number of fused-ring (bicyclic) bond motifs is 1. The molecule has 0 aliphatic carbocycles. The zero-order chi connectivity index (χ0) is 20.6. The van der Waals surface area contributed by atoms with Crippen LogP contribution in [0.15, 0.2) is 54.6 Å². The molecule has 3 aliphatic heterocycles. The summed E-state index contributed by atoms with van der Waals surface area (Å²) in [4.78, 5) is 29.7.